The van der Waals surface area contributed by atoms with E-state index in [1.54, 1.807) is 0 Å². The van der Waals surface area contributed by atoms with E-state index in [9.17, 15) is 18.0 Å². The van der Waals surface area contributed by atoms with Crippen molar-refractivity contribution in [3.05, 3.63) is 27.6 Å². The minimum Gasteiger partial charge on any atom is -0.512 e. The van der Waals surface area contributed by atoms with Gasteiger partial charge in [-0.25, -0.2) is 4.98 Å². The average Bonchev–Trinajstić information content (AvgIpc) is 2.61. The third kappa shape index (κ3) is 1.79. The van der Waals surface area contributed by atoms with Gasteiger partial charge in [0, 0.05) is 6.20 Å². The van der Waals surface area contributed by atoms with E-state index in [-0.39, 0.29) is 11.0 Å². The molecule has 0 amide bonds. The summed E-state index contributed by atoms with van der Waals surface area (Å²) in [6, 6.07) is 0. The van der Waals surface area contributed by atoms with Crippen LogP contribution in [0.4, 0.5) is 13.2 Å². The topological polar surface area (TPSA) is 80.4 Å². The highest BCUT2D eigenvalue weighted by atomic mass is 19.4. The summed E-state index contributed by atoms with van der Waals surface area (Å²) in [6.45, 7) is 1.21. The van der Waals surface area contributed by atoms with E-state index < -0.39 is 23.3 Å². The highest BCUT2D eigenvalue weighted by molar-refractivity contribution is 5.33. The molecule has 0 unspecified atom stereocenters. The van der Waals surface area contributed by atoms with Crippen molar-refractivity contribution in [3.63, 3.8) is 0 Å². The molecular formula is C8H5F3N4O2. The Labute approximate surface area is 91.0 Å². The van der Waals surface area contributed by atoms with Crippen molar-refractivity contribution >= 4 is 11.5 Å². The number of nitrogens with zero attached hydrogens (tertiary/aromatic N) is 4. The molecule has 2 rings (SSSR count). The SMILES string of the molecule is CC(O)=c1cnc2nc(C(F)(F)F)nn2c1=O. The lowest BCUT2D eigenvalue weighted by atomic mass is 10.4. The van der Waals surface area contributed by atoms with Gasteiger partial charge >= 0.3 is 6.18 Å². The molecule has 1 N–H and O–H groups in total. The molecule has 0 aliphatic rings. The minimum absolute atomic E-state index is 0.226. The molecule has 17 heavy (non-hydrogen) atoms. The molecule has 0 bridgehead atoms. The van der Waals surface area contributed by atoms with Gasteiger partial charge in [-0.2, -0.15) is 22.7 Å². The number of hydrogen-bond donors (Lipinski definition) is 1. The van der Waals surface area contributed by atoms with Gasteiger partial charge in [0.05, 0.1) is 5.22 Å². The summed E-state index contributed by atoms with van der Waals surface area (Å²) in [7, 11) is 0. The van der Waals surface area contributed by atoms with Crippen LogP contribution in [0.5, 0.6) is 0 Å². The fourth-order valence-corrected chi connectivity index (χ4v) is 1.18. The summed E-state index contributed by atoms with van der Waals surface area (Å²) in [6.07, 6.45) is -3.81. The Balaban J connectivity index is 2.86. The van der Waals surface area contributed by atoms with Crippen molar-refractivity contribution in [3.8, 4) is 0 Å². The predicted molar refractivity (Wildman–Crippen MR) is 49.0 cm³/mol. The van der Waals surface area contributed by atoms with E-state index in [0.29, 0.717) is 4.52 Å². The van der Waals surface area contributed by atoms with E-state index in [1.807, 2.05) is 0 Å². The second kappa shape index (κ2) is 3.40. The minimum atomic E-state index is -4.75. The normalized spacial score (nSPS) is 14.1. The number of fused-ring (bicyclic) bond motifs is 1. The van der Waals surface area contributed by atoms with Crippen LogP contribution in [-0.2, 0) is 6.18 Å². The molecule has 0 aliphatic heterocycles. The lowest BCUT2D eigenvalue weighted by molar-refractivity contribution is -0.144. The number of aliphatic hydroxyl groups is 1. The lowest BCUT2D eigenvalue weighted by Gasteiger charge is -1.96. The van der Waals surface area contributed by atoms with Crippen LogP contribution in [0.2, 0.25) is 0 Å². The van der Waals surface area contributed by atoms with Crippen LogP contribution >= 0.6 is 0 Å². The number of hydrogen-bond acceptors (Lipinski definition) is 5. The molecule has 0 radical (unpaired) electrons. The first kappa shape index (κ1) is 11.3. The Morgan fingerprint density at radius 1 is 1.47 bits per heavy atom. The van der Waals surface area contributed by atoms with Gasteiger partial charge in [-0.05, 0) is 6.92 Å². The van der Waals surface area contributed by atoms with Gasteiger partial charge in [0.25, 0.3) is 17.2 Å². The molecular weight excluding hydrogens is 241 g/mol. The van der Waals surface area contributed by atoms with Crippen LogP contribution in [0.25, 0.3) is 11.5 Å². The Morgan fingerprint density at radius 2 is 2.12 bits per heavy atom. The maximum atomic E-state index is 12.3. The molecule has 0 aliphatic carbocycles. The van der Waals surface area contributed by atoms with Crippen molar-refractivity contribution in [2.75, 3.05) is 0 Å². The Kier molecular flexibility index (Phi) is 2.26. The molecule has 0 atom stereocenters. The van der Waals surface area contributed by atoms with Crippen molar-refractivity contribution in [2.45, 2.75) is 13.1 Å². The first-order valence-electron chi connectivity index (χ1n) is 4.33. The lowest BCUT2D eigenvalue weighted by Crippen LogP contribution is -2.33. The number of aromatic nitrogens is 4. The molecule has 0 saturated carbocycles. The van der Waals surface area contributed by atoms with Gasteiger partial charge in [-0.15, -0.1) is 5.10 Å². The van der Waals surface area contributed by atoms with Crippen molar-refractivity contribution in [1.82, 2.24) is 19.6 Å². The summed E-state index contributed by atoms with van der Waals surface area (Å²) in [5.41, 5.74) is -0.905. The molecule has 9 heteroatoms. The van der Waals surface area contributed by atoms with Crippen LogP contribution < -0.4 is 10.8 Å². The molecule has 90 valence electrons. The summed E-state index contributed by atoms with van der Waals surface area (Å²) in [5, 5.41) is 11.9. The summed E-state index contributed by atoms with van der Waals surface area (Å²) < 4.78 is 37.3. The highest BCUT2D eigenvalue weighted by Crippen LogP contribution is 2.25. The number of alkyl halides is 3. The quantitative estimate of drug-likeness (QED) is 0.702. The van der Waals surface area contributed by atoms with E-state index in [4.69, 9.17) is 5.11 Å². The maximum absolute atomic E-state index is 12.3. The first-order valence-corrected chi connectivity index (χ1v) is 4.33. The fraction of sp³-hybridized carbons (Fsp3) is 0.250. The first-order chi connectivity index (χ1) is 7.80. The van der Waals surface area contributed by atoms with E-state index in [2.05, 4.69) is 15.1 Å². The summed E-state index contributed by atoms with van der Waals surface area (Å²) in [4.78, 5) is 18.2. The molecule has 0 saturated heterocycles. The maximum Gasteiger partial charge on any atom is 0.453 e. The predicted octanol–water partition coefficient (Wildman–Crippen LogP) is -0.0917. The second-order valence-electron chi connectivity index (χ2n) is 3.21. The Bertz CT molecular complexity index is 687. The molecule has 6 nitrogen and oxygen atoms in total. The average molecular weight is 246 g/mol. The van der Waals surface area contributed by atoms with E-state index >= 15 is 0 Å². The standard InChI is InChI=1S/C8H5F3N4O2/c1-3(16)4-2-12-7-13-6(8(9,10)11)14-15(7)5(4)17/h2,16H,1H3. The fourth-order valence-electron chi connectivity index (χ4n) is 1.18. The van der Waals surface area contributed by atoms with Gasteiger partial charge < -0.3 is 5.11 Å². The largest absolute Gasteiger partial charge is 0.512 e. The van der Waals surface area contributed by atoms with E-state index in [0.717, 1.165) is 6.20 Å². The molecule has 2 aromatic heterocycles. The van der Waals surface area contributed by atoms with Gasteiger partial charge in [-0.3, -0.25) is 4.79 Å². The summed E-state index contributed by atoms with van der Waals surface area (Å²) in [5.74, 6) is -2.27. The number of aliphatic hydroxyl groups excluding tert-OH is 1. The Hall–Kier alpha value is -2.19. The zero-order chi connectivity index (χ0) is 12.8. The monoisotopic (exact) mass is 246 g/mol. The molecule has 2 aromatic rings. The second-order valence-corrected chi connectivity index (χ2v) is 3.21. The van der Waals surface area contributed by atoms with Crippen LogP contribution in [0.3, 0.4) is 0 Å². The molecule has 0 spiro atoms. The van der Waals surface area contributed by atoms with Crippen LogP contribution in [0, 0.1) is 0 Å². The van der Waals surface area contributed by atoms with Gasteiger partial charge in [0.15, 0.2) is 0 Å². The zero-order valence-corrected chi connectivity index (χ0v) is 8.36. The highest BCUT2D eigenvalue weighted by Gasteiger charge is 2.36. The van der Waals surface area contributed by atoms with Crippen LogP contribution in [0.1, 0.15) is 12.7 Å². The Morgan fingerprint density at radius 3 is 2.65 bits per heavy atom. The zero-order valence-electron chi connectivity index (χ0n) is 8.36. The third-order valence-corrected chi connectivity index (χ3v) is 1.97. The van der Waals surface area contributed by atoms with Gasteiger partial charge in [-0.1, -0.05) is 0 Å². The van der Waals surface area contributed by atoms with Crippen molar-refractivity contribution < 1.29 is 18.3 Å². The summed E-state index contributed by atoms with van der Waals surface area (Å²) >= 11 is 0. The number of rotatable bonds is 0. The van der Waals surface area contributed by atoms with Gasteiger partial charge in [0.2, 0.25) is 0 Å². The van der Waals surface area contributed by atoms with Crippen LogP contribution in [0.15, 0.2) is 11.0 Å². The molecule has 0 fully saturated rings. The smallest absolute Gasteiger partial charge is 0.453 e. The molecule has 2 heterocycles. The molecule has 0 aromatic carbocycles. The van der Waals surface area contributed by atoms with Crippen LogP contribution in [-0.4, -0.2) is 24.7 Å². The van der Waals surface area contributed by atoms with Crippen molar-refractivity contribution in [2.24, 2.45) is 0 Å². The third-order valence-electron chi connectivity index (χ3n) is 1.97. The van der Waals surface area contributed by atoms with Gasteiger partial charge in [0.1, 0.15) is 5.76 Å². The van der Waals surface area contributed by atoms with E-state index in [1.165, 1.54) is 6.92 Å². The number of halogens is 3. The van der Waals surface area contributed by atoms with Crippen molar-refractivity contribution in [1.29, 1.82) is 0 Å².